The van der Waals surface area contributed by atoms with Crippen LogP contribution in [0.1, 0.15) is 25.7 Å². The summed E-state index contributed by atoms with van der Waals surface area (Å²) in [5, 5.41) is 14.4. The van der Waals surface area contributed by atoms with Crippen molar-refractivity contribution in [3.05, 3.63) is 16.7 Å². The van der Waals surface area contributed by atoms with E-state index in [1.54, 1.807) is 0 Å². The number of carbonyl (C=O) groups excluding carboxylic acids is 1. The van der Waals surface area contributed by atoms with Gasteiger partial charge in [0.05, 0.1) is 49.6 Å². The van der Waals surface area contributed by atoms with Gasteiger partial charge in [-0.05, 0) is 19.9 Å². The van der Waals surface area contributed by atoms with Crippen LogP contribution in [0.25, 0.3) is 11.0 Å². The maximum absolute atomic E-state index is 12.3. The van der Waals surface area contributed by atoms with Crippen molar-refractivity contribution in [1.82, 2.24) is 5.16 Å². The minimum absolute atomic E-state index is 0.0221. The number of halogens is 1. The smallest absolute Gasteiger partial charge is 0.416 e. The van der Waals surface area contributed by atoms with Crippen molar-refractivity contribution in [3.8, 4) is 0 Å². The summed E-state index contributed by atoms with van der Waals surface area (Å²) in [6, 6.07) is 1.85. The first-order valence-corrected chi connectivity index (χ1v) is 10.7. The van der Waals surface area contributed by atoms with Crippen LogP contribution in [-0.4, -0.2) is 74.1 Å². The number of hydrogen-bond donors (Lipinski definition) is 1. The molecule has 1 aromatic heterocycles. The molecule has 2 aromatic rings. The van der Waals surface area contributed by atoms with Crippen LogP contribution >= 0.6 is 11.6 Å². The first-order valence-electron chi connectivity index (χ1n) is 10.3. The lowest BCUT2D eigenvalue weighted by Crippen LogP contribution is -2.46. The van der Waals surface area contributed by atoms with Crippen LogP contribution in [0.4, 0.5) is 16.3 Å². The van der Waals surface area contributed by atoms with Crippen LogP contribution in [0, 0.1) is 0 Å². The highest BCUT2D eigenvalue weighted by Crippen LogP contribution is 2.45. The maximum atomic E-state index is 12.3. The van der Waals surface area contributed by atoms with Crippen LogP contribution in [-0.2, 0) is 18.9 Å². The summed E-state index contributed by atoms with van der Waals surface area (Å²) in [6.45, 7) is 6.16. The van der Waals surface area contributed by atoms with Crippen molar-refractivity contribution in [2.24, 2.45) is 0 Å². The van der Waals surface area contributed by atoms with E-state index in [9.17, 15) is 9.90 Å². The van der Waals surface area contributed by atoms with Crippen molar-refractivity contribution in [3.63, 3.8) is 0 Å². The number of carbonyl (C=O) groups is 1. The van der Waals surface area contributed by atoms with Crippen LogP contribution in [0.2, 0.25) is 5.02 Å². The van der Waals surface area contributed by atoms with Crippen LogP contribution in [0.3, 0.4) is 0 Å². The SMILES string of the molecule is C[C@@H]1CN(c2c(C3OCCO3)cc3c(N4CC(CO)OC4=O)noc3c2Cl)C[C@@H](C)O1. The minimum Gasteiger partial charge on any atom is -0.441 e. The Morgan fingerprint density at radius 3 is 2.55 bits per heavy atom. The number of aromatic nitrogens is 1. The molecule has 11 heteroatoms. The second-order valence-electron chi connectivity index (χ2n) is 8.05. The first kappa shape index (κ1) is 20.8. The maximum Gasteiger partial charge on any atom is 0.416 e. The molecule has 3 aliphatic rings. The van der Waals surface area contributed by atoms with E-state index in [1.807, 2.05) is 19.9 Å². The molecule has 3 aliphatic heterocycles. The highest BCUT2D eigenvalue weighted by molar-refractivity contribution is 6.38. The molecule has 4 heterocycles. The van der Waals surface area contributed by atoms with Gasteiger partial charge in [0.2, 0.25) is 0 Å². The lowest BCUT2D eigenvalue weighted by atomic mass is 10.1. The molecule has 0 bridgehead atoms. The Morgan fingerprint density at radius 2 is 1.90 bits per heavy atom. The number of morpholine rings is 1. The average Bonchev–Trinajstić information content (AvgIpc) is 3.46. The average molecular weight is 454 g/mol. The van der Waals surface area contributed by atoms with Gasteiger partial charge in [0.15, 0.2) is 17.7 Å². The van der Waals surface area contributed by atoms with Crippen molar-refractivity contribution < 1.29 is 33.4 Å². The number of ether oxygens (including phenoxy) is 4. The highest BCUT2D eigenvalue weighted by atomic mass is 35.5. The normalized spacial score (nSPS) is 27.5. The molecule has 0 saturated carbocycles. The number of nitrogens with zero attached hydrogens (tertiary/aromatic N) is 3. The Hall–Kier alpha value is -2.11. The Morgan fingerprint density at radius 1 is 1.19 bits per heavy atom. The van der Waals surface area contributed by atoms with Gasteiger partial charge in [0, 0.05) is 18.7 Å². The van der Waals surface area contributed by atoms with E-state index < -0.39 is 18.5 Å². The highest BCUT2D eigenvalue weighted by Gasteiger charge is 2.37. The molecule has 31 heavy (non-hydrogen) atoms. The van der Waals surface area contributed by atoms with E-state index in [0.29, 0.717) is 42.3 Å². The fourth-order valence-corrected chi connectivity index (χ4v) is 4.78. The molecule has 1 amide bonds. The van der Waals surface area contributed by atoms with Gasteiger partial charge in [-0.2, -0.15) is 0 Å². The minimum atomic E-state index is -0.619. The zero-order valence-electron chi connectivity index (χ0n) is 17.2. The fraction of sp³-hybridized carbons (Fsp3) is 0.600. The first-order chi connectivity index (χ1) is 15.0. The van der Waals surface area contributed by atoms with Gasteiger partial charge in [-0.15, -0.1) is 0 Å². The summed E-state index contributed by atoms with van der Waals surface area (Å²) in [6.07, 6.45) is -1.77. The lowest BCUT2D eigenvalue weighted by Gasteiger charge is -2.38. The third-order valence-electron chi connectivity index (χ3n) is 5.63. The van der Waals surface area contributed by atoms with Gasteiger partial charge >= 0.3 is 6.09 Å². The van der Waals surface area contributed by atoms with E-state index in [4.69, 9.17) is 35.1 Å². The molecule has 168 valence electrons. The molecule has 3 saturated heterocycles. The van der Waals surface area contributed by atoms with Gasteiger partial charge in [-0.3, -0.25) is 4.90 Å². The number of aliphatic hydroxyl groups excluding tert-OH is 1. The molecule has 10 nitrogen and oxygen atoms in total. The standard InChI is InChI=1S/C20H24ClN3O7/c1-10-6-23(7-11(2)29-10)16-13(19-27-3-4-28-19)5-14-17(15(16)21)31-22-18(14)24-8-12(9-25)30-20(24)26/h5,10-12,19,25H,3-4,6-9H2,1-2H3/t10-,11-,12?/m1/s1. The van der Waals surface area contributed by atoms with E-state index >= 15 is 0 Å². The Kier molecular flexibility index (Phi) is 5.43. The summed E-state index contributed by atoms with van der Waals surface area (Å²) in [5.41, 5.74) is 1.86. The summed E-state index contributed by atoms with van der Waals surface area (Å²) in [5.74, 6) is 0.285. The monoisotopic (exact) mass is 453 g/mol. The number of rotatable bonds is 4. The summed E-state index contributed by atoms with van der Waals surface area (Å²) < 4.78 is 28.2. The Balaban J connectivity index is 1.63. The summed E-state index contributed by atoms with van der Waals surface area (Å²) in [4.78, 5) is 15.8. The number of anilines is 2. The second-order valence-corrected chi connectivity index (χ2v) is 8.42. The fourth-order valence-electron chi connectivity index (χ4n) is 4.42. The third-order valence-corrected chi connectivity index (χ3v) is 5.99. The van der Waals surface area contributed by atoms with Crippen LogP contribution in [0.15, 0.2) is 10.6 Å². The van der Waals surface area contributed by atoms with Gasteiger partial charge in [-0.1, -0.05) is 16.8 Å². The molecule has 0 spiro atoms. The number of cyclic esters (lactones) is 1. The molecule has 1 unspecified atom stereocenters. The summed E-state index contributed by atoms with van der Waals surface area (Å²) in [7, 11) is 0. The van der Waals surface area contributed by atoms with E-state index in [0.717, 1.165) is 11.3 Å². The largest absolute Gasteiger partial charge is 0.441 e. The predicted molar refractivity (Wildman–Crippen MR) is 111 cm³/mol. The van der Waals surface area contributed by atoms with E-state index in [1.165, 1.54) is 4.90 Å². The number of aliphatic hydroxyl groups is 1. The van der Waals surface area contributed by atoms with E-state index in [-0.39, 0.29) is 31.2 Å². The van der Waals surface area contributed by atoms with Gasteiger partial charge < -0.3 is 33.5 Å². The lowest BCUT2D eigenvalue weighted by molar-refractivity contribution is -0.0443. The zero-order chi connectivity index (χ0) is 21.7. The zero-order valence-corrected chi connectivity index (χ0v) is 18.0. The molecule has 1 N–H and O–H groups in total. The number of benzene rings is 1. The predicted octanol–water partition coefficient (Wildman–Crippen LogP) is 2.46. The molecule has 0 aliphatic carbocycles. The summed E-state index contributed by atoms with van der Waals surface area (Å²) >= 11 is 6.86. The third kappa shape index (κ3) is 3.62. The second kappa shape index (κ2) is 8.10. The molecular formula is C20H24ClN3O7. The molecule has 1 aromatic carbocycles. The Labute approximate surface area is 183 Å². The van der Waals surface area contributed by atoms with Crippen molar-refractivity contribution in [2.45, 2.75) is 38.4 Å². The quantitative estimate of drug-likeness (QED) is 0.746. The topological polar surface area (TPSA) is 107 Å². The van der Waals surface area contributed by atoms with Crippen LogP contribution < -0.4 is 9.80 Å². The molecule has 3 atom stereocenters. The van der Waals surface area contributed by atoms with Crippen molar-refractivity contribution in [2.75, 3.05) is 49.3 Å². The molecule has 5 rings (SSSR count). The number of hydrogen-bond acceptors (Lipinski definition) is 9. The molecule has 0 radical (unpaired) electrons. The van der Waals surface area contributed by atoms with Crippen LogP contribution in [0.5, 0.6) is 0 Å². The number of fused-ring (bicyclic) bond motifs is 1. The van der Waals surface area contributed by atoms with Gasteiger partial charge in [0.25, 0.3) is 0 Å². The molecular weight excluding hydrogens is 430 g/mol. The van der Waals surface area contributed by atoms with Crippen molar-refractivity contribution >= 4 is 40.2 Å². The van der Waals surface area contributed by atoms with Crippen molar-refractivity contribution in [1.29, 1.82) is 0 Å². The number of amides is 1. The van der Waals surface area contributed by atoms with E-state index in [2.05, 4.69) is 10.1 Å². The molecule has 3 fully saturated rings. The van der Waals surface area contributed by atoms with Gasteiger partial charge in [-0.25, -0.2) is 4.79 Å². The van der Waals surface area contributed by atoms with Gasteiger partial charge in [0.1, 0.15) is 11.1 Å². The Bertz CT molecular complexity index is 983.